The van der Waals surface area contributed by atoms with E-state index >= 15 is 0 Å². The molecule has 0 aliphatic rings. The van der Waals surface area contributed by atoms with Crippen molar-refractivity contribution in [3.63, 3.8) is 0 Å². The number of rotatable bonds is 4. The van der Waals surface area contributed by atoms with Gasteiger partial charge in [-0.25, -0.2) is 9.97 Å². The number of nitrogens with one attached hydrogen (secondary N) is 1. The summed E-state index contributed by atoms with van der Waals surface area (Å²) in [4.78, 5) is 8.54. The molecule has 0 saturated heterocycles. The molecule has 0 bridgehead atoms. The minimum Gasteiger partial charge on any atom is -0.481 e. The molecule has 0 amide bonds. The fraction of sp³-hybridized carbons (Fsp3) is 0.286. The van der Waals surface area contributed by atoms with E-state index in [-0.39, 0.29) is 0 Å². The second-order valence-corrected chi connectivity index (χ2v) is 4.80. The lowest BCUT2D eigenvalue weighted by molar-refractivity contribution is 0.398. The smallest absolute Gasteiger partial charge is 0.213 e. The predicted molar refractivity (Wildman–Crippen MR) is 77.8 cm³/mol. The molecule has 5 heteroatoms. The molecule has 2 aromatic heterocycles. The fourth-order valence-electron chi connectivity index (χ4n) is 1.74. The van der Waals surface area contributed by atoms with Crippen LogP contribution >= 0.6 is 11.6 Å². The Morgan fingerprint density at radius 1 is 1.32 bits per heavy atom. The average molecular weight is 278 g/mol. The summed E-state index contributed by atoms with van der Waals surface area (Å²) in [6.07, 6.45) is 1.72. The molecule has 0 aromatic carbocycles. The van der Waals surface area contributed by atoms with Gasteiger partial charge in [0.1, 0.15) is 5.15 Å². The Hall–Kier alpha value is -1.81. The number of hydrogen-bond donors (Lipinski definition) is 1. The largest absolute Gasteiger partial charge is 0.481 e. The van der Waals surface area contributed by atoms with Crippen LogP contribution in [0.25, 0.3) is 11.3 Å². The lowest BCUT2D eigenvalue weighted by atomic mass is 10.1. The van der Waals surface area contributed by atoms with Crippen LogP contribution in [0, 0.1) is 0 Å². The molecule has 19 heavy (non-hydrogen) atoms. The first-order valence-corrected chi connectivity index (χ1v) is 6.41. The van der Waals surface area contributed by atoms with Crippen LogP contribution in [0.4, 0.5) is 5.69 Å². The quantitative estimate of drug-likeness (QED) is 0.867. The van der Waals surface area contributed by atoms with Crippen LogP contribution in [0.3, 0.4) is 0 Å². The van der Waals surface area contributed by atoms with Crippen molar-refractivity contribution in [2.24, 2.45) is 0 Å². The monoisotopic (exact) mass is 277 g/mol. The second kappa shape index (κ2) is 5.89. The standard InChI is InChI=1S/C14H16ClN3O/c1-9(2)17-12-7-13(15)16-8-10(12)11-5-4-6-14(18-11)19-3/h4-9H,1-3H3,(H,16,17). The van der Waals surface area contributed by atoms with E-state index in [1.54, 1.807) is 19.4 Å². The summed E-state index contributed by atoms with van der Waals surface area (Å²) >= 11 is 5.95. The zero-order chi connectivity index (χ0) is 13.8. The summed E-state index contributed by atoms with van der Waals surface area (Å²) in [6.45, 7) is 4.13. The number of pyridine rings is 2. The molecule has 0 aliphatic carbocycles. The molecule has 0 saturated carbocycles. The Morgan fingerprint density at radius 2 is 2.11 bits per heavy atom. The van der Waals surface area contributed by atoms with Crippen LogP contribution in [-0.4, -0.2) is 23.1 Å². The minimum atomic E-state index is 0.294. The van der Waals surface area contributed by atoms with E-state index in [4.69, 9.17) is 16.3 Å². The minimum absolute atomic E-state index is 0.294. The molecule has 0 fully saturated rings. The molecule has 100 valence electrons. The number of hydrogen-bond acceptors (Lipinski definition) is 4. The van der Waals surface area contributed by atoms with Gasteiger partial charge in [-0.05, 0) is 26.0 Å². The first kappa shape index (κ1) is 13.6. The first-order chi connectivity index (χ1) is 9.10. The number of methoxy groups -OCH3 is 1. The third-order valence-corrected chi connectivity index (χ3v) is 2.73. The summed E-state index contributed by atoms with van der Waals surface area (Å²) in [5.74, 6) is 0.572. The van der Waals surface area contributed by atoms with Crippen molar-refractivity contribution in [3.05, 3.63) is 35.6 Å². The fourth-order valence-corrected chi connectivity index (χ4v) is 1.90. The van der Waals surface area contributed by atoms with Gasteiger partial charge in [0.25, 0.3) is 0 Å². The van der Waals surface area contributed by atoms with Crippen molar-refractivity contribution in [2.45, 2.75) is 19.9 Å². The Labute approximate surface area is 117 Å². The zero-order valence-corrected chi connectivity index (χ0v) is 11.9. The summed E-state index contributed by atoms with van der Waals surface area (Å²) in [7, 11) is 1.60. The third kappa shape index (κ3) is 3.35. The highest BCUT2D eigenvalue weighted by Gasteiger charge is 2.10. The van der Waals surface area contributed by atoms with Crippen molar-refractivity contribution in [1.82, 2.24) is 9.97 Å². The molecule has 0 spiro atoms. The van der Waals surface area contributed by atoms with Crippen LogP contribution in [0.2, 0.25) is 5.15 Å². The number of nitrogens with zero attached hydrogens (tertiary/aromatic N) is 2. The van der Waals surface area contributed by atoms with Gasteiger partial charge in [0.2, 0.25) is 5.88 Å². The van der Waals surface area contributed by atoms with Gasteiger partial charge < -0.3 is 10.1 Å². The van der Waals surface area contributed by atoms with Crippen molar-refractivity contribution < 1.29 is 4.74 Å². The van der Waals surface area contributed by atoms with Crippen LogP contribution in [-0.2, 0) is 0 Å². The van der Waals surface area contributed by atoms with E-state index in [2.05, 4.69) is 29.1 Å². The highest BCUT2D eigenvalue weighted by Crippen LogP contribution is 2.29. The maximum atomic E-state index is 5.95. The average Bonchev–Trinajstić information content (AvgIpc) is 2.38. The maximum absolute atomic E-state index is 5.95. The van der Waals surface area contributed by atoms with Gasteiger partial charge in [-0.3, -0.25) is 0 Å². The van der Waals surface area contributed by atoms with Gasteiger partial charge in [0.15, 0.2) is 0 Å². The zero-order valence-electron chi connectivity index (χ0n) is 11.1. The number of anilines is 1. The van der Waals surface area contributed by atoms with E-state index in [1.165, 1.54) is 0 Å². The van der Waals surface area contributed by atoms with E-state index < -0.39 is 0 Å². The van der Waals surface area contributed by atoms with Crippen molar-refractivity contribution >= 4 is 17.3 Å². The van der Waals surface area contributed by atoms with E-state index in [9.17, 15) is 0 Å². The second-order valence-electron chi connectivity index (χ2n) is 4.42. The Morgan fingerprint density at radius 3 is 2.79 bits per heavy atom. The predicted octanol–water partition coefficient (Wildman–Crippen LogP) is 3.63. The highest BCUT2D eigenvalue weighted by atomic mass is 35.5. The van der Waals surface area contributed by atoms with Gasteiger partial charge >= 0.3 is 0 Å². The van der Waals surface area contributed by atoms with E-state index in [1.807, 2.05) is 18.2 Å². The van der Waals surface area contributed by atoms with Crippen molar-refractivity contribution in [2.75, 3.05) is 12.4 Å². The highest BCUT2D eigenvalue weighted by molar-refractivity contribution is 6.29. The summed E-state index contributed by atoms with van der Waals surface area (Å²) in [5, 5.41) is 3.80. The summed E-state index contributed by atoms with van der Waals surface area (Å²) in [6, 6.07) is 7.72. The number of aromatic nitrogens is 2. The van der Waals surface area contributed by atoms with Gasteiger partial charge in [0, 0.05) is 29.6 Å². The molecule has 2 heterocycles. The van der Waals surface area contributed by atoms with Gasteiger partial charge in [0.05, 0.1) is 12.8 Å². The van der Waals surface area contributed by atoms with Gasteiger partial charge in [-0.1, -0.05) is 17.7 Å². The summed E-state index contributed by atoms with van der Waals surface area (Å²) in [5.41, 5.74) is 2.61. The van der Waals surface area contributed by atoms with Crippen LogP contribution in [0.5, 0.6) is 5.88 Å². The van der Waals surface area contributed by atoms with Crippen molar-refractivity contribution in [3.8, 4) is 17.1 Å². The molecule has 0 aliphatic heterocycles. The molecule has 2 aromatic rings. The topological polar surface area (TPSA) is 47.0 Å². The van der Waals surface area contributed by atoms with Crippen LogP contribution < -0.4 is 10.1 Å². The number of halogens is 1. The van der Waals surface area contributed by atoms with E-state index in [0.29, 0.717) is 17.1 Å². The Bertz CT molecular complexity index is 572. The third-order valence-electron chi connectivity index (χ3n) is 2.52. The molecule has 4 nitrogen and oxygen atoms in total. The summed E-state index contributed by atoms with van der Waals surface area (Å²) < 4.78 is 5.14. The molecule has 0 unspecified atom stereocenters. The number of ether oxygens (including phenoxy) is 1. The molecule has 2 rings (SSSR count). The van der Waals surface area contributed by atoms with Crippen LogP contribution in [0.1, 0.15) is 13.8 Å². The Kier molecular flexibility index (Phi) is 4.22. The lowest BCUT2D eigenvalue weighted by Crippen LogP contribution is -2.11. The normalized spacial score (nSPS) is 10.6. The van der Waals surface area contributed by atoms with Crippen LogP contribution in [0.15, 0.2) is 30.5 Å². The van der Waals surface area contributed by atoms with Gasteiger partial charge in [-0.2, -0.15) is 0 Å². The lowest BCUT2D eigenvalue weighted by Gasteiger charge is -2.14. The molecular formula is C14H16ClN3O. The van der Waals surface area contributed by atoms with Crippen molar-refractivity contribution in [1.29, 1.82) is 0 Å². The maximum Gasteiger partial charge on any atom is 0.213 e. The SMILES string of the molecule is COc1cccc(-c2cnc(Cl)cc2NC(C)C)n1. The molecular weight excluding hydrogens is 262 g/mol. The van der Waals surface area contributed by atoms with Gasteiger partial charge in [-0.15, -0.1) is 0 Å². The van der Waals surface area contributed by atoms with E-state index in [0.717, 1.165) is 16.9 Å². The first-order valence-electron chi connectivity index (χ1n) is 6.03. The molecule has 1 N–H and O–H groups in total. The molecule has 0 radical (unpaired) electrons. The molecule has 0 atom stereocenters. The Balaban J connectivity index is 2.47.